The number of hydrogen-bond acceptors (Lipinski definition) is 12. The first-order chi connectivity index (χ1) is 35.7. The third-order valence-electron chi connectivity index (χ3n) is 11.0. The first-order valence-corrected chi connectivity index (χ1v) is 24.0. The van der Waals surface area contributed by atoms with Crippen molar-refractivity contribution in [1.82, 2.24) is 54.8 Å². The highest BCUT2D eigenvalue weighted by molar-refractivity contribution is 4.89. The second-order valence-corrected chi connectivity index (χ2v) is 16.0. The molecule has 0 saturated carbocycles. The predicted octanol–water partition coefficient (Wildman–Crippen LogP) is 0.617. The van der Waals surface area contributed by atoms with Gasteiger partial charge in [0.1, 0.15) is 0 Å². The van der Waals surface area contributed by atoms with Crippen molar-refractivity contribution in [3.8, 4) is 0 Å². The Morgan fingerprint density at radius 3 is 0.613 bits per heavy atom. The largest absolute Gasteiger partial charge is 0.336 e. The highest BCUT2D eigenvalue weighted by Gasteiger charge is 2.18. The lowest BCUT2D eigenvalue weighted by molar-refractivity contribution is 0.354. The van der Waals surface area contributed by atoms with Crippen LogP contribution in [0.5, 0.6) is 0 Å². The minimum atomic E-state index is -0.662. The van der Waals surface area contributed by atoms with Gasteiger partial charge >= 0.3 is 68.3 Å². The summed E-state index contributed by atoms with van der Waals surface area (Å²) in [5.41, 5.74) is -7.42. The lowest BCUT2D eigenvalue weighted by atomic mass is 9.99. The molecular formula is C51H72N12O12. The van der Waals surface area contributed by atoms with E-state index in [1.54, 1.807) is 13.8 Å². The van der Waals surface area contributed by atoms with Crippen LogP contribution in [0.15, 0.2) is 171 Å². The summed E-state index contributed by atoms with van der Waals surface area (Å²) in [5.74, 6) is 0.243. The molecule has 0 amide bonds. The van der Waals surface area contributed by atoms with E-state index in [-0.39, 0.29) is 77.9 Å². The topological polar surface area (TPSA) is 264 Å². The van der Waals surface area contributed by atoms with Crippen molar-refractivity contribution < 1.29 is 0 Å². The number of aromatic nitrogens is 12. The van der Waals surface area contributed by atoms with Crippen LogP contribution in [0.25, 0.3) is 0 Å². The average Bonchev–Trinajstić information content (AvgIpc) is 3.39. The van der Waals surface area contributed by atoms with Crippen LogP contribution in [-0.4, -0.2) is 54.8 Å². The predicted molar refractivity (Wildman–Crippen MR) is 293 cm³/mol. The Hall–Kier alpha value is -8.70. The SMILES string of the molecule is C=CCn1c(=O)n(CC)c(=O)n(CC=C)c1=O.C=CCn1c(=O)n(CC)c(=O)n(CC=C)c1=O.C=CCn1c(=O)n(CC=C)c(=O)n(CC(CC)CCCC)c1=O.C=CCn1c(=O)n(CC=C)c(=O)n(CC=C)c1=O. The van der Waals surface area contributed by atoms with E-state index in [1.807, 2.05) is 6.92 Å². The quantitative estimate of drug-likeness (QED) is 0.0784. The van der Waals surface area contributed by atoms with E-state index in [0.29, 0.717) is 6.54 Å². The van der Waals surface area contributed by atoms with Crippen LogP contribution in [0, 0.1) is 5.92 Å². The Balaban J connectivity index is 0.000000504. The summed E-state index contributed by atoms with van der Waals surface area (Å²) in [6.07, 6.45) is 16.9. The molecule has 0 N–H and O–H groups in total. The summed E-state index contributed by atoms with van der Waals surface area (Å²) >= 11 is 0. The monoisotopic (exact) mass is 1040 g/mol. The summed E-state index contributed by atoms with van der Waals surface area (Å²) in [6.45, 7) is 40.4. The van der Waals surface area contributed by atoms with Crippen molar-refractivity contribution in [2.75, 3.05) is 0 Å². The first kappa shape index (κ1) is 64.3. The van der Waals surface area contributed by atoms with Crippen LogP contribution in [0.1, 0.15) is 53.4 Å². The zero-order valence-electron chi connectivity index (χ0n) is 43.7. The van der Waals surface area contributed by atoms with Gasteiger partial charge in [0.25, 0.3) is 0 Å². The lowest BCUT2D eigenvalue weighted by Gasteiger charge is -2.17. The Labute approximate surface area is 431 Å². The van der Waals surface area contributed by atoms with Crippen molar-refractivity contribution >= 4 is 0 Å². The van der Waals surface area contributed by atoms with E-state index >= 15 is 0 Å². The van der Waals surface area contributed by atoms with Gasteiger partial charge in [-0.3, -0.25) is 0 Å². The van der Waals surface area contributed by atoms with E-state index < -0.39 is 68.3 Å². The first-order valence-electron chi connectivity index (χ1n) is 24.0. The van der Waals surface area contributed by atoms with E-state index in [1.165, 1.54) is 59.3 Å². The summed E-state index contributed by atoms with van der Waals surface area (Å²) < 4.78 is 12.0. The number of nitrogens with zero attached hydrogens (tertiary/aromatic N) is 12. The van der Waals surface area contributed by atoms with Crippen LogP contribution in [0.2, 0.25) is 0 Å². The van der Waals surface area contributed by atoms with Gasteiger partial charge in [-0.15, -0.1) is 59.2 Å². The van der Waals surface area contributed by atoms with Gasteiger partial charge in [0.15, 0.2) is 0 Å². The van der Waals surface area contributed by atoms with E-state index in [0.717, 1.165) is 75.9 Å². The summed E-state index contributed by atoms with van der Waals surface area (Å²) in [4.78, 5) is 144. The molecule has 0 aliphatic carbocycles. The van der Waals surface area contributed by atoms with Crippen molar-refractivity contribution in [2.45, 2.75) is 132 Å². The van der Waals surface area contributed by atoms with Gasteiger partial charge in [-0.05, 0) is 26.2 Å². The van der Waals surface area contributed by atoms with E-state index in [4.69, 9.17) is 0 Å². The molecular weight excluding hydrogens is 973 g/mol. The van der Waals surface area contributed by atoms with Crippen molar-refractivity contribution in [1.29, 1.82) is 0 Å². The van der Waals surface area contributed by atoms with Crippen molar-refractivity contribution in [3.05, 3.63) is 240 Å². The van der Waals surface area contributed by atoms with Gasteiger partial charge in [-0.2, -0.15) is 0 Å². The second-order valence-electron chi connectivity index (χ2n) is 16.0. The summed E-state index contributed by atoms with van der Waals surface area (Å²) in [7, 11) is 0. The standard InChI is InChI=1S/C17H27N3O3.C12H15N3O3.2C11H15N3O3/c1-5-9-10-14(8-4)13-20-16(22)18(11-6-2)15(21)19(12-7-3)17(20)23;1-4-7-13-10(16)14(8-5-2)12(18)15(9-6-3)11(13)17;2*1-4-7-13-9(15)12(6-3)10(16)14(8-5-2)11(13)17/h6-7,14H,2-3,5,8-13H2,1,4H3;4-6H,1-3,7-9H2;2*4-5H,1-2,6-8H2,3H3. The fourth-order valence-corrected chi connectivity index (χ4v) is 7.17. The van der Waals surface area contributed by atoms with Gasteiger partial charge in [0, 0.05) is 19.6 Å². The van der Waals surface area contributed by atoms with Gasteiger partial charge in [-0.1, -0.05) is 87.8 Å². The minimum Gasteiger partial charge on any atom is -0.247 e. The molecule has 24 nitrogen and oxygen atoms in total. The Bertz CT molecular complexity index is 3100. The molecule has 0 aliphatic rings. The Morgan fingerprint density at radius 1 is 0.293 bits per heavy atom. The van der Waals surface area contributed by atoms with Gasteiger partial charge < -0.3 is 0 Å². The zero-order chi connectivity index (χ0) is 57.1. The molecule has 0 spiro atoms. The second kappa shape index (κ2) is 32.4. The molecule has 4 aromatic heterocycles. The Kier molecular flexibility index (Phi) is 27.8. The third-order valence-corrected chi connectivity index (χ3v) is 11.0. The number of unbranched alkanes of at least 4 members (excludes halogenated alkanes) is 1. The van der Waals surface area contributed by atoms with Crippen molar-refractivity contribution in [3.63, 3.8) is 0 Å². The molecule has 408 valence electrons. The van der Waals surface area contributed by atoms with E-state index in [2.05, 4.69) is 66.1 Å². The summed E-state index contributed by atoms with van der Waals surface area (Å²) in [5, 5.41) is 0. The smallest absolute Gasteiger partial charge is 0.247 e. The molecule has 0 bridgehead atoms. The molecule has 0 radical (unpaired) electrons. The normalized spacial score (nSPS) is 10.7. The third kappa shape index (κ3) is 15.9. The maximum Gasteiger partial charge on any atom is 0.336 e. The number of allylic oxidation sites excluding steroid dienone is 9. The highest BCUT2D eigenvalue weighted by Crippen LogP contribution is 2.13. The lowest BCUT2D eigenvalue weighted by Crippen LogP contribution is -2.54. The van der Waals surface area contributed by atoms with Crippen LogP contribution < -0.4 is 68.3 Å². The minimum absolute atomic E-state index is 0.0478. The average molecular weight is 1050 g/mol. The summed E-state index contributed by atoms with van der Waals surface area (Å²) in [6, 6.07) is 0. The molecule has 4 heterocycles. The number of hydrogen-bond donors (Lipinski definition) is 0. The molecule has 4 aromatic rings. The Morgan fingerprint density at radius 2 is 0.467 bits per heavy atom. The highest BCUT2D eigenvalue weighted by atomic mass is 16.2. The number of rotatable bonds is 26. The molecule has 0 aromatic carbocycles. The molecule has 4 rings (SSSR count). The van der Waals surface area contributed by atoms with Crippen LogP contribution >= 0.6 is 0 Å². The zero-order valence-corrected chi connectivity index (χ0v) is 43.7. The van der Waals surface area contributed by atoms with Crippen LogP contribution in [-0.2, 0) is 78.5 Å². The molecule has 1 unspecified atom stereocenters. The van der Waals surface area contributed by atoms with Gasteiger partial charge in [0.2, 0.25) is 0 Å². The van der Waals surface area contributed by atoms with Crippen LogP contribution in [0.4, 0.5) is 0 Å². The molecule has 0 saturated heterocycles. The van der Waals surface area contributed by atoms with Crippen molar-refractivity contribution in [2.24, 2.45) is 5.92 Å². The maximum absolute atomic E-state index is 12.5. The van der Waals surface area contributed by atoms with Crippen LogP contribution in [0.3, 0.4) is 0 Å². The fraction of sp³-hybridized carbons (Fsp3) is 0.412. The fourth-order valence-electron chi connectivity index (χ4n) is 7.17. The van der Waals surface area contributed by atoms with Gasteiger partial charge in [0.05, 0.1) is 58.9 Å². The molecule has 24 heteroatoms. The molecule has 1 atom stereocenters. The molecule has 0 fully saturated rings. The molecule has 0 aliphatic heterocycles. The van der Waals surface area contributed by atoms with Gasteiger partial charge in [-0.25, -0.2) is 112 Å². The molecule has 75 heavy (non-hydrogen) atoms. The van der Waals surface area contributed by atoms with E-state index in [9.17, 15) is 57.5 Å². The maximum atomic E-state index is 12.5.